The van der Waals surface area contributed by atoms with Crippen molar-refractivity contribution in [1.82, 2.24) is 0 Å². The van der Waals surface area contributed by atoms with Gasteiger partial charge in [-0.1, -0.05) is 75.1 Å². The Hall–Kier alpha value is -3.94. The first-order valence-corrected chi connectivity index (χ1v) is 14.2. The fraction of sp³-hybridized carbons (Fsp3) is 0.438. The molecule has 0 aliphatic heterocycles. The third-order valence-electron chi connectivity index (χ3n) is 8.60. The molecule has 0 amide bonds. The van der Waals surface area contributed by atoms with Gasteiger partial charge in [0, 0.05) is 21.5 Å². The van der Waals surface area contributed by atoms with Crippen molar-refractivity contribution in [3.63, 3.8) is 0 Å². The van der Waals surface area contributed by atoms with E-state index in [0.29, 0.717) is 65.1 Å². The van der Waals surface area contributed by atoms with Gasteiger partial charge in [-0.3, -0.25) is 19.2 Å². The van der Waals surface area contributed by atoms with Crippen LogP contribution in [0.1, 0.15) is 63.9 Å². The van der Waals surface area contributed by atoms with Crippen LogP contribution < -0.4 is 9.47 Å². The van der Waals surface area contributed by atoms with Crippen molar-refractivity contribution in [2.45, 2.75) is 64.7 Å². The first-order chi connectivity index (χ1) is 19.3. The first-order valence-electron chi connectivity index (χ1n) is 14.2. The van der Waals surface area contributed by atoms with Crippen molar-refractivity contribution in [1.29, 1.82) is 0 Å². The average Bonchev–Trinajstić information content (AvgIpc) is 2.98. The van der Waals surface area contributed by atoms with Crippen molar-refractivity contribution < 1.29 is 38.9 Å². The molecule has 2 fully saturated rings. The Balaban J connectivity index is 1.62. The second-order valence-corrected chi connectivity index (χ2v) is 10.9. The topological polar surface area (TPSA) is 127 Å². The highest BCUT2D eigenvalue weighted by Gasteiger charge is 2.39. The molecule has 210 valence electrons. The quantitative estimate of drug-likeness (QED) is 0.205. The molecule has 40 heavy (non-hydrogen) atoms. The fourth-order valence-corrected chi connectivity index (χ4v) is 6.50. The fourth-order valence-electron chi connectivity index (χ4n) is 6.50. The van der Waals surface area contributed by atoms with Crippen LogP contribution in [0.15, 0.2) is 42.5 Å². The van der Waals surface area contributed by atoms with Crippen LogP contribution in [0.4, 0.5) is 0 Å². The van der Waals surface area contributed by atoms with E-state index in [4.69, 9.17) is 9.47 Å². The molecule has 0 spiro atoms. The van der Waals surface area contributed by atoms with Gasteiger partial charge < -0.3 is 19.7 Å². The summed E-state index contributed by atoms with van der Waals surface area (Å²) in [5.74, 6) is -5.56. The molecule has 0 bridgehead atoms. The SMILES string of the molecule is CCc1cccc2c(OC(=O)C3CCCCC3C(=O)O)c3ccccc3c(OC(=O)C3CCCCC3C(=O)O)c12. The van der Waals surface area contributed by atoms with Crippen LogP contribution in [0.3, 0.4) is 0 Å². The van der Waals surface area contributed by atoms with E-state index in [2.05, 4.69) is 0 Å². The second kappa shape index (κ2) is 11.7. The van der Waals surface area contributed by atoms with Crippen LogP contribution >= 0.6 is 0 Å². The molecule has 4 atom stereocenters. The van der Waals surface area contributed by atoms with Gasteiger partial charge in [-0.2, -0.15) is 0 Å². The number of carbonyl (C=O) groups excluding carboxylic acids is 2. The largest absolute Gasteiger partial charge is 0.481 e. The number of aryl methyl sites for hydroxylation is 1. The molecular weight excluding hydrogens is 512 g/mol. The van der Waals surface area contributed by atoms with Crippen molar-refractivity contribution in [3.8, 4) is 11.5 Å². The first kappa shape index (κ1) is 27.6. The summed E-state index contributed by atoms with van der Waals surface area (Å²) in [6.45, 7) is 1.97. The average molecular weight is 547 g/mol. The van der Waals surface area contributed by atoms with Crippen molar-refractivity contribution in [2.75, 3.05) is 0 Å². The lowest BCUT2D eigenvalue weighted by atomic mass is 9.79. The molecule has 8 nitrogen and oxygen atoms in total. The molecule has 2 saturated carbocycles. The van der Waals surface area contributed by atoms with Crippen LogP contribution in [0, 0.1) is 23.7 Å². The molecule has 0 heterocycles. The van der Waals surface area contributed by atoms with E-state index in [1.54, 1.807) is 30.3 Å². The number of carbonyl (C=O) groups is 4. The lowest BCUT2D eigenvalue weighted by molar-refractivity contribution is -0.154. The van der Waals surface area contributed by atoms with E-state index >= 15 is 0 Å². The summed E-state index contributed by atoms with van der Waals surface area (Å²) >= 11 is 0. The second-order valence-electron chi connectivity index (χ2n) is 10.9. The van der Waals surface area contributed by atoms with Gasteiger partial charge in [0.25, 0.3) is 0 Å². The Morgan fingerprint density at radius 3 is 1.60 bits per heavy atom. The lowest BCUT2D eigenvalue weighted by Gasteiger charge is -2.28. The molecule has 5 rings (SSSR count). The number of fused-ring (bicyclic) bond motifs is 2. The molecule has 3 aromatic rings. The summed E-state index contributed by atoms with van der Waals surface area (Å²) in [5, 5.41) is 21.8. The molecule has 2 aliphatic rings. The highest BCUT2D eigenvalue weighted by Crippen LogP contribution is 2.46. The summed E-state index contributed by atoms with van der Waals surface area (Å²) in [7, 11) is 0. The monoisotopic (exact) mass is 546 g/mol. The maximum atomic E-state index is 13.5. The number of carboxylic acid groups (broad SMARTS) is 2. The third kappa shape index (κ3) is 5.15. The summed E-state index contributed by atoms with van der Waals surface area (Å²) in [6, 6.07) is 12.7. The molecule has 4 unspecified atom stereocenters. The number of ether oxygens (including phenoxy) is 2. The van der Waals surface area contributed by atoms with Crippen LogP contribution in [-0.4, -0.2) is 34.1 Å². The van der Waals surface area contributed by atoms with Gasteiger partial charge in [0.2, 0.25) is 0 Å². The predicted molar refractivity (Wildman–Crippen MR) is 148 cm³/mol. The Labute approximate surface area is 232 Å². The molecule has 2 N–H and O–H groups in total. The highest BCUT2D eigenvalue weighted by atomic mass is 16.5. The lowest BCUT2D eigenvalue weighted by Crippen LogP contribution is -2.35. The molecule has 2 aliphatic carbocycles. The smallest absolute Gasteiger partial charge is 0.315 e. The van der Waals surface area contributed by atoms with E-state index in [1.807, 2.05) is 19.1 Å². The normalized spacial score (nSPS) is 23.0. The van der Waals surface area contributed by atoms with Crippen LogP contribution in [0.25, 0.3) is 21.5 Å². The molecule has 8 heteroatoms. The zero-order valence-corrected chi connectivity index (χ0v) is 22.6. The number of hydrogen-bond acceptors (Lipinski definition) is 6. The number of aliphatic carboxylic acids is 2. The van der Waals surface area contributed by atoms with Crippen molar-refractivity contribution in [3.05, 3.63) is 48.0 Å². The Bertz CT molecular complexity index is 1470. The Kier molecular flexibility index (Phi) is 8.05. The van der Waals surface area contributed by atoms with E-state index in [9.17, 15) is 29.4 Å². The minimum Gasteiger partial charge on any atom is -0.481 e. The van der Waals surface area contributed by atoms with Gasteiger partial charge in [-0.15, -0.1) is 0 Å². The predicted octanol–water partition coefficient (Wildman–Crippen LogP) is 6.15. The van der Waals surface area contributed by atoms with Crippen LogP contribution in [0.5, 0.6) is 11.5 Å². The van der Waals surface area contributed by atoms with Crippen molar-refractivity contribution in [2.24, 2.45) is 23.7 Å². The Morgan fingerprint density at radius 2 is 1.10 bits per heavy atom. The van der Waals surface area contributed by atoms with Gasteiger partial charge in [0.05, 0.1) is 23.7 Å². The summed E-state index contributed by atoms with van der Waals surface area (Å²) in [6.07, 6.45) is 5.43. The number of benzene rings is 3. The minimum absolute atomic E-state index is 0.307. The summed E-state index contributed by atoms with van der Waals surface area (Å²) in [4.78, 5) is 50.8. The number of carboxylic acids is 2. The molecular formula is C32H34O8. The summed E-state index contributed by atoms with van der Waals surface area (Å²) < 4.78 is 12.2. The van der Waals surface area contributed by atoms with Crippen LogP contribution in [-0.2, 0) is 25.6 Å². The zero-order chi connectivity index (χ0) is 28.4. The maximum Gasteiger partial charge on any atom is 0.315 e. The number of rotatable bonds is 7. The third-order valence-corrected chi connectivity index (χ3v) is 8.60. The van der Waals surface area contributed by atoms with Gasteiger partial charge >= 0.3 is 23.9 Å². The Morgan fingerprint density at radius 1 is 0.650 bits per heavy atom. The van der Waals surface area contributed by atoms with E-state index in [0.717, 1.165) is 31.2 Å². The standard InChI is InChI=1S/C32H34O8/c1-2-18-10-9-17-25-26(18)28(40-32(38)24-16-8-6-14-22(24)30(35)36)20-12-4-3-11-19(20)27(25)39-31(37)23-15-7-5-13-21(23)29(33)34/h3-4,9-12,17,21-24H,2,5-8,13-16H2,1H3,(H,33,34)(H,35,36). The summed E-state index contributed by atoms with van der Waals surface area (Å²) in [5.41, 5.74) is 0.878. The number of hydrogen-bond donors (Lipinski definition) is 2. The van der Waals surface area contributed by atoms with Gasteiger partial charge in [0.1, 0.15) is 11.5 Å². The van der Waals surface area contributed by atoms with Gasteiger partial charge in [-0.25, -0.2) is 0 Å². The van der Waals surface area contributed by atoms with E-state index < -0.39 is 47.5 Å². The molecule has 0 aromatic heterocycles. The maximum absolute atomic E-state index is 13.5. The highest BCUT2D eigenvalue weighted by molar-refractivity contribution is 6.14. The molecule has 3 aromatic carbocycles. The van der Waals surface area contributed by atoms with Gasteiger partial charge in [-0.05, 0) is 37.7 Å². The van der Waals surface area contributed by atoms with E-state index in [1.165, 1.54) is 0 Å². The van der Waals surface area contributed by atoms with Crippen molar-refractivity contribution >= 4 is 45.4 Å². The molecule has 0 saturated heterocycles. The number of esters is 2. The molecule has 0 radical (unpaired) electrons. The zero-order valence-electron chi connectivity index (χ0n) is 22.6. The van der Waals surface area contributed by atoms with E-state index in [-0.39, 0.29) is 0 Å². The van der Waals surface area contributed by atoms with Gasteiger partial charge in [0.15, 0.2) is 0 Å². The minimum atomic E-state index is -0.991. The van der Waals surface area contributed by atoms with Crippen LogP contribution in [0.2, 0.25) is 0 Å².